The fourth-order valence-electron chi connectivity index (χ4n) is 3.93. The molecule has 0 atom stereocenters. The lowest BCUT2D eigenvalue weighted by molar-refractivity contribution is 0.525. The number of benzene rings is 1. The number of hydrogen-bond acceptors (Lipinski definition) is 5. The quantitative estimate of drug-likeness (QED) is 0.344. The molecule has 0 amide bonds. The van der Waals surface area contributed by atoms with Crippen LogP contribution in [-0.2, 0) is 19.4 Å². The summed E-state index contributed by atoms with van der Waals surface area (Å²) < 4.78 is 2.33. The summed E-state index contributed by atoms with van der Waals surface area (Å²) in [7, 11) is 1.84. The monoisotopic (exact) mass is 463 g/mol. The Morgan fingerprint density at radius 2 is 1.74 bits per heavy atom. The van der Waals surface area contributed by atoms with Crippen LogP contribution in [0.25, 0.3) is 33.7 Å². The summed E-state index contributed by atoms with van der Waals surface area (Å²) in [6.45, 7) is 15.1. The summed E-state index contributed by atoms with van der Waals surface area (Å²) in [6, 6.07) is 8.30. The van der Waals surface area contributed by atoms with E-state index in [0.717, 1.165) is 64.7 Å². The van der Waals surface area contributed by atoms with E-state index < -0.39 is 0 Å². The Morgan fingerprint density at radius 3 is 2.44 bits per heavy atom. The van der Waals surface area contributed by atoms with E-state index in [1.807, 2.05) is 54.7 Å². The number of hydrogen-bond donors (Lipinski definition) is 2. The first-order valence-corrected chi connectivity index (χ1v) is 12.9. The highest BCUT2D eigenvalue weighted by atomic mass is 15.1. The fourth-order valence-corrected chi connectivity index (χ4v) is 3.93. The molecule has 7 heteroatoms. The van der Waals surface area contributed by atoms with Gasteiger partial charge in [0.15, 0.2) is 0 Å². The molecule has 0 saturated heterocycles. The van der Waals surface area contributed by atoms with Crippen LogP contribution in [0.1, 0.15) is 73.0 Å². The molecule has 184 valence electrons. The van der Waals surface area contributed by atoms with Gasteiger partial charge in [-0.2, -0.15) is 0 Å². The van der Waals surface area contributed by atoms with Gasteiger partial charge in [0.25, 0.3) is 0 Å². The second-order valence-corrected chi connectivity index (χ2v) is 7.12. The lowest BCUT2D eigenvalue weighted by Gasteiger charge is -2.16. The molecule has 0 fully saturated rings. The van der Waals surface area contributed by atoms with E-state index >= 15 is 0 Å². The third-order valence-electron chi connectivity index (χ3n) is 5.34. The average molecular weight is 464 g/mol. The molecule has 0 unspecified atom stereocenters. The predicted molar refractivity (Wildman–Crippen MR) is 144 cm³/mol. The zero-order chi connectivity index (χ0) is 25.1. The standard InChI is InChI=1S/C21H23N7.3C2H6/c1-3-17-24-14-8-7-13(12-16(14)25-17)19-20(15-9-10-23-21(22-2)26-15)28-11-5-4-6-18(28)27-19;3*1-2/h7-10,12H,3-6,11H2,1-2H3,(H,24,25)(H,22,23,26);3*1-2H3. The molecule has 4 aromatic rings. The van der Waals surface area contributed by atoms with Gasteiger partial charge in [-0.3, -0.25) is 0 Å². The molecule has 1 aliphatic heterocycles. The molecule has 1 aliphatic rings. The number of nitrogens with zero attached hydrogens (tertiary/aromatic N) is 5. The fraction of sp³-hybridized carbons (Fsp3) is 0.481. The van der Waals surface area contributed by atoms with Crippen LogP contribution in [0.2, 0.25) is 0 Å². The number of H-pyrrole nitrogens is 1. The Morgan fingerprint density at radius 1 is 0.971 bits per heavy atom. The Balaban J connectivity index is 0.000000633. The molecule has 0 spiro atoms. The van der Waals surface area contributed by atoms with Crippen molar-refractivity contribution in [2.45, 2.75) is 80.7 Å². The second-order valence-electron chi connectivity index (χ2n) is 7.12. The Labute approximate surface area is 204 Å². The number of aromatic nitrogens is 6. The van der Waals surface area contributed by atoms with Crippen LogP contribution >= 0.6 is 0 Å². The molecule has 0 saturated carbocycles. The van der Waals surface area contributed by atoms with Crippen molar-refractivity contribution < 1.29 is 0 Å². The molecule has 34 heavy (non-hydrogen) atoms. The van der Waals surface area contributed by atoms with Crippen molar-refractivity contribution in [1.29, 1.82) is 0 Å². The largest absolute Gasteiger partial charge is 0.357 e. The Bertz CT molecular complexity index is 1160. The average Bonchev–Trinajstić information content (AvgIpc) is 3.53. The molecule has 2 N–H and O–H groups in total. The van der Waals surface area contributed by atoms with E-state index in [-0.39, 0.29) is 0 Å². The number of aromatic amines is 1. The van der Waals surface area contributed by atoms with Gasteiger partial charge in [0.2, 0.25) is 5.95 Å². The summed E-state index contributed by atoms with van der Waals surface area (Å²) in [6.07, 6.45) is 6.04. The summed E-state index contributed by atoms with van der Waals surface area (Å²) in [5, 5.41) is 3.04. The topological polar surface area (TPSA) is 84.3 Å². The normalized spacial score (nSPS) is 11.8. The van der Waals surface area contributed by atoms with Crippen molar-refractivity contribution in [3.63, 3.8) is 0 Å². The van der Waals surface area contributed by atoms with Gasteiger partial charge in [0.1, 0.15) is 11.6 Å². The number of anilines is 1. The summed E-state index contributed by atoms with van der Waals surface area (Å²) in [4.78, 5) is 22.0. The maximum absolute atomic E-state index is 5.03. The first kappa shape index (κ1) is 27.0. The van der Waals surface area contributed by atoms with E-state index in [4.69, 9.17) is 9.97 Å². The molecule has 0 radical (unpaired) electrons. The van der Waals surface area contributed by atoms with E-state index in [1.165, 1.54) is 12.8 Å². The highest BCUT2D eigenvalue weighted by Crippen LogP contribution is 2.35. The molecule has 7 nitrogen and oxygen atoms in total. The van der Waals surface area contributed by atoms with Crippen LogP contribution < -0.4 is 5.32 Å². The number of nitrogens with one attached hydrogen (secondary N) is 2. The van der Waals surface area contributed by atoms with Gasteiger partial charge in [-0.15, -0.1) is 0 Å². The summed E-state index contributed by atoms with van der Waals surface area (Å²) in [5.41, 5.74) is 6.07. The van der Waals surface area contributed by atoms with Crippen LogP contribution in [-0.4, -0.2) is 36.5 Å². The van der Waals surface area contributed by atoms with Gasteiger partial charge in [0.05, 0.1) is 28.1 Å². The van der Waals surface area contributed by atoms with Crippen LogP contribution in [0, 0.1) is 0 Å². The molecule has 0 aliphatic carbocycles. The third kappa shape index (κ3) is 5.64. The van der Waals surface area contributed by atoms with Gasteiger partial charge >= 0.3 is 0 Å². The second kappa shape index (κ2) is 13.5. The minimum Gasteiger partial charge on any atom is -0.357 e. The maximum Gasteiger partial charge on any atom is 0.222 e. The van der Waals surface area contributed by atoms with Crippen molar-refractivity contribution in [3.8, 4) is 22.6 Å². The maximum atomic E-state index is 5.03. The van der Waals surface area contributed by atoms with Gasteiger partial charge in [-0.25, -0.2) is 19.9 Å². The number of fused-ring (bicyclic) bond motifs is 2. The SMILES string of the molecule is CC.CC.CC.CCc1nc2ccc(-c3nc4n(c3-c3ccnc(NC)n3)CCCC4)cc2[nH]1. The van der Waals surface area contributed by atoms with Crippen LogP contribution in [0.3, 0.4) is 0 Å². The number of imidazole rings is 2. The lowest BCUT2D eigenvalue weighted by atomic mass is 10.1. The first-order chi connectivity index (χ1) is 16.8. The first-order valence-electron chi connectivity index (χ1n) is 12.9. The van der Waals surface area contributed by atoms with Crippen molar-refractivity contribution in [2.75, 3.05) is 12.4 Å². The van der Waals surface area contributed by atoms with E-state index in [2.05, 4.69) is 50.0 Å². The Hall–Kier alpha value is -3.22. The molecule has 5 rings (SSSR count). The van der Waals surface area contributed by atoms with Gasteiger partial charge < -0.3 is 14.9 Å². The Kier molecular flexibility index (Phi) is 10.7. The molecular weight excluding hydrogens is 422 g/mol. The zero-order valence-electron chi connectivity index (χ0n) is 22.2. The minimum atomic E-state index is 0.617. The van der Waals surface area contributed by atoms with Crippen molar-refractivity contribution in [1.82, 2.24) is 29.5 Å². The zero-order valence-corrected chi connectivity index (χ0v) is 22.2. The highest BCUT2D eigenvalue weighted by molar-refractivity contribution is 5.85. The molecule has 3 aromatic heterocycles. The van der Waals surface area contributed by atoms with E-state index in [9.17, 15) is 0 Å². The van der Waals surface area contributed by atoms with E-state index in [0.29, 0.717) is 5.95 Å². The summed E-state index contributed by atoms with van der Waals surface area (Å²) >= 11 is 0. The predicted octanol–water partition coefficient (Wildman–Crippen LogP) is 6.90. The molecule has 0 bridgehead atoms. The van der Waals surface area contributed by atoms with Crippen molar-refractivity contribution in [3.05, 3.63) is 42.1 Å². The lowest BCUT2D eigenvalue weighted by Crippen LogP contribution is -2.12. The van der Waals surface area contributed by atoms with Crippen LogP contribution in [0.5, 0.6) is 0 Å². The van der Waals surface area contributed by atoms with Crippen LogP contribution in [0.4, 0.5) is 5.95 Å². The van der Waals surface area contributed by atoms with Gasteiger partial charge in [-0.1, -0.05) is 54.5 Å². The molecular formula is C27H41N7. The minimum absolute atomic E-state index is 0.617. The third-order valence-corrected chi connectivity index (χ3v) is 5.34. The van der Waals surface area contributed by atoms with Crippen molar-refractivity contribution in [2.24, 2.45) is 0 Å². The van der Waals surface area contributed by atoms with E-state index in [1.54, 1.807) is 6.20 Å². The number of aryl methyl sites for hydroxylation is 2. The molecule has 4 heterocycles. The summed E-state index contributed by atoms with van der Waals surface area (Å²) in [5.74, 6) is 2.76. The van der Waals surface area contributed by atoms with Crippen molar-refractivity contribution >= 4 is 17.0 Å². The number of rotatable bonds is 4. The van der Waals surface area contributed by atoms with Gasteiger partial charge in [-0.05, 0) is 31.0 Å². The van der Waals surface area contributed by atoms with Gasteiger partial charge in [0, 0.05) is 38.2 Å². The molecule has 1 aromatic carbocycles. The highest BCUT2D eigenvalue weighted by Gasteiger charge is 2.23. The van der Waals surface area contributed by atoms with Crippen LogP contribution in [0.15, 0.2) is 30.5 Å². The smallest absolute Gasteiger partial charge is 0.222 e.